The zero-order valence-electron chi connectivity index (χ0n) is 11.6. The molecular weight excluding hydrogens is 224 g/mol. The summed E-state index contributed by atoms with van der Waals surface area (Å²) in [5.74, 6) is 0. The van der Waals surface area contributed by atoms with Crippen LogP contribution in [-0.2, 0) is 4.74 Å². The lowest BCUT2D eigenvalue weighted by molar-refractivity contribution is 0.0432. The molecule has 0 spiro atoms. The van der Waals surface area contributed by atoms with Crippen molar-refractivity contribution in [2.75, 3.05) is 26.8 Å². The van der Waals surface area contributed by atoms with Gasteiger partial charge in [-0.25, -0.2) is 0 Å². The Morgan fingerprint density at radius 2 is 2.11 bits per heavy atom. The fourth-order valence-corrected chi connectivity index (χ4v) is 2.75. The number of nitrogens with one attached hydrogen (secondary N) is 1. The van der Waals surface area contributed by atoms with Gasteiger partial charge in [0.1, 0.15) is 0 Å². The molecular formula is C15H24N2O. The SMILES string of the molecule is COCC(C)N1CC(C)NCC1c1ccccc1. The molecule has 1 aromatic rings. The summed E-state index contributed by atoms with van der Waals surface area (Å²) < 4.78 is 5.31. The van der Waals surface area contributed by atoms with Crippen LogP contribution in [0.5, 0.6) is 0 Å². The van der Waals surface area contributed by atoms with E-state index in [1.165, 1.54) is 5.56 Å². The molecule has 3 heteroatoms. The molecule has 2 rings (SSSR count). The first-order valence-corrected chi connectivity index (χ1v) is 6.75. The third kappa shape index (κ3) is 3.10. The molecule has 1 N–H and O–H groups in total. The zero-order valence-corrected chi connectivity index (χ0v) is 11.6. The van der Waals surface area contributed by atoms with Crippen LogP contribution >= 0.6 is 0 Å². The topological polar surface area (TPSA) is 24.5 Å². The average molecular weight is 248 g/mol. The lowest BCUT2D eigenvalue weighted by Crippen LogP contribution is -2.54. The highest BCUT2D eigenvalue weighted by molar-refractivity contribution is 5.20. The van der Waals surface area contributed by atoms with E-state index in [4.69, 9.17) is 4.74 Å². The number of hydrogen-bond donors (Lipinski definition) is 1. The minimum absolute atomic E-state index is 0.449. The molecule has 3 atom stereocenters. The number of hydrogen-bond acceptors (Lipinski definition) is 3. The molecule has 0 amide bonds. The summed E-state index contributed by atoms with van der Waals surface area (Å²) in [6.07, 6.45) is 0. The molecule has 1 saturated heterocycles. The van der Waals surface area contributed by atoms with Gasteiger partial charge in [-0.1, -0.05) is 30.3 Å². The van der Waals surface area contributed by atoms with Crippen LogP contribution in [-0.4, -0.2) is 43.8 Å². The third-order valence-electron chi connectivity index (χ3n) is 3.70. The quantitative estimate of drug-likeness (QED) is 0.882. The van der Waals surface area contributed by atoms with Gasteiger partial charge in [0.25, 0.3) is 0 Å². The van der Waals surface area contributed by atoms with Crippen LogP contribution in [0, 0.1) is 0 Å². The van der Waals surface area contributed by atoms with Crippen LogP contribution in [0.15, 0.2) is 30.3 Å². The Bertz CT molecular complexity index is 355. The predicted octanol–water partition coefficient (Wildman–Crippen LogP) is 2.06. The summed E-state index contributed by atoms with van der Waals surface area (Å²) in [4.78, 5) is 2.56. The van der Waals surface area contributed by atoms with Crippen molar-refractivity contribution >= 4 is 0 Å². The van der Waals surface area contributed by atoms with E-state index in [2.05, 4.69) is 54.4 Å². The smallest absolute Gasteiger partial charge is 0.0615 e. The number of methoxy groups -OCH3 is 1. The van der Waals surface area contributed by atoms with Crippen molar-refractivity contribution in [2.45, 2.75) is 32.0 Å². The summed E-state index contributed by atoms with van der Waals surface area (Å²) in [7, 11) is 1.78. The van der Waals surface area contributed by atoms with Crippen molar-refractivity contribution in [3.05, 3.63) is 35.9 Å². The van der Waals surface area contributed by atoms with E-state index in [9.17, 15) is 0 Å². The Morgan fingerprint density at radius 3 is 2.78 bits per heavy atom. The van der Waals surface area contributed by atoms with E-state index >= 15 is 0 Å². The molecule has 3 nitrogen and oxygen atoms in total. The Balaban J connectivity index is 2.15. The van der Waals surface area contributed by atoms with Crippen molar-refractivity contribution in [1.29, 1.82) is 0 Å². The predicted molar refractivity (Wildman–Crippen MR) is 74.7 cm³/mol. The summed E-state index contributed by atoms with van der Waals surface area (Å²) in [6.45, 7) is 7.37. The Labute approximate surface area is 110 Å². The van der Waals surface area contributed by atoms with Gasteiger partial charge in [0.2, 0.25) is 0 Å². The molecule has 1 heterocycles. The van der Waals surface area contributed by atoms with Crippen molar-refractivity contribution in [3.8, 4) is 0 Å². The molecule has 0 aromatic heterocycles. The minimum Gasteiger partial charge on any atom is -0.383 e. The van der Waals surface area contributed by atoms with Crippen LogP contribution in [0.25, 0.3) is 0 Å². The lowest BCUT2D eigenvalue weighted by atomic mass is 9.99. The summed E-state index contributed by atoms with van der Waals surface area (Å²) in [6, 6.07) is 12.2. The summed E-state index contributed by atoms with van der Waals surface area (Å²) in [5.41, 5.74) is 1.39. The second kappa shape index (κ2) is 6.32. The zero-order chi connectivity index (χ0) is 13.0. The molecule has 18 heavy (non-hydrogen) atoms. The van der Waals surface area contributed by atoms with E-state index in [0.29, 0.717) is 18.1 Å². The third-order valence-corrected chi connectivity index (χ3v) is 3.70. The maximum Gasteiger partial charge on any atom is 0.0615 e. The number of ether oxygens (including phenoxy) is 1. The van der Waals surface area contributed by atoms with Crippen LogP contribution in [0.4, 0.5) is 0 Å². The second-order valence-electron chi connectivity index (χ2n) is 5.24. The van der Waals surface area contributed by atoms with Gasteiger partial charge in [-0.2, -0.15) is 0 Å². The Kier molecular flexibility index (Phi) is 4.75. The van der Waals surface area contributed by atoms with Crippen molar-refractivity contribution in [3.63, 3.8) is 0 Å². The molecule has 100 valence electrons. The number of benzene rings is 1. The first kappa shape index (κ1) is 13.5. The van der Waals surface area contributed by atoms with Gasteiger partial charge in [-0.3, -0.25) is 4.90 Å². The number of nitrogens with zero attached hydrogens (tertiary/aromatic N) is 1. The van der Waals surface area contributed by atoms with Gasteiger partial charge < -0.3 is 10.1 Å². The fraction of sp³-hybridized carbons (Fsp3) is 0.600. The van der Waals surface area contributed by atoms with Gasteiger partial charge in [-0.05, 0) is 19.4 Å². The molecule has 1 aliphatic heterocycles. The fourth-order valence-electron chi connectivity index (χ4n) is 2.75. The second-order valence-corrected chi connectivity index (χ2v) is 5.24. The molecule has 0 aliphatic carbocycles. The summed E-state index contributed by atoms with van der Waals surface area (Å²) in [5, 5.41) is 3.58. The molecule has 0 radical (unpaired) electrons. The van der Waals surface area contributed by atoms with Crippen LogP contribution in [0.1, 0.15) is 25.5 Å². The highest BCUT2D eigenvalue weighted by Crippen LogP contribution is 2.25. The minimum atomic E-state index is 0.449. The van der Waals surface area contributed by atoms with Gasteiger partial charge >= 0.3 is 0 Å². The van der Waals surface area contributed by atoms with E-state index in [-0.39, 0.29) is 0 Å². The highest BCUT2D eigenvalue weighted by Gasteiger charge is 2.30. The van der Waals surface area contributed by atoms with E-state index in [0.717, 1.165) is 19.7 Å². The molecule has 0 bridgehead atoms. The van der Waals surface area contributed by atoms with Gasteiger partial charge in [0.15, 0.2) is 0 Å². The van der Waals surface area contributed by atoms with Gasteiger partial charge in [-0.15, -0.1) is 0 Å². The molecule has 0 saturated carbocycles. The average Bonchev–Trinajstić information content (AvgIpc) is 2.40. The first-order valence-electron chi connectivity index (χ1n) is 6.75. The molecule has 1 fully saturated rings. The van der Waals surface area contributed by atoms with Gasteiger partial charge in [0, 0.05) is 38.3 Å². The van der Waals surface area contributed by atoms with Crippen molar-refractivity contribution in [1.82, 2.24) is 10.2 Å². The Morgan fingerprint density at radius 1 is 1.39 bits per heavy atom. The largest absolute Gasteiger partial charge is 0.383 e. The maximum absolute atomic E-state index is 5.31. The monoisotopic (exact) mass is 248 g/mol. The number of piperazine rings is 1. The molecule has 3 unspecified atom stereocenters. The van der Waals surface area contributed by atoms with Crippen LogP contribution in [0.3, 0.4) is 0 Å². The molecule has 1 aromatic carbocycles. The van der Waals surface area contributed by atoms with Gasteiger partial charge in [0.05, 0.1) is 6.61 Å². The van der Waals surface area contributed by atoms with Crippen LogP contribution < -0.4 is 5.32 Å². The first-order chi connectivity index (χ1) is 8.72. The molecule has 1 aliphatic rings. The standard InChI is InChI=1S/C15H24N2O/c1-12-10-17(13(2)11-18-3)15(9-16-12)14-7-5-4-6-8-14/h4-8,12-13,15-16H,9-11H2,1-3H3. The lowest BCUT2D eigenvalue weighted by Gasteiger charge is -2.43. The van der Waals surface area contributed by atoms with E-state index in [1.54, 1.807) is 7.11 Å². The van der Waals surface area contributed by atoms with E-state index in [1.807, 2.05) is 0 Å². The Hall–Kier alpha value is -0.900. The number of rotatable bonds is 4. The van der Waals surface area contributed by atoms with Crippen molar-refractivity contribution < 1.29 is 4.74 Å². The van der Waals surface area contributed by atoms with Crippen LogP contribution in [0.2, 0.25) is 0 Å². The van der Waals surface area contributed by atoms with Crippen molar-refractivity contribution in [2.24, 2.45) is 0 Å². The highest BCUT2D eigenvalue weighted by atomic mass is 16.5. The van der Waals surface area contributed by atoms with E-state index < -0.39 is 0 Å². The maximum atomic E-state index is 5.31. The summed E-state index contributed by atoms with van der Waals surface area (Å²) >= 11 is 0. The normalized spacial score (nSPS) is 27.1.